The molecule has 1 aromatic carbocycles. The number of benzene rings is 1. The van der Waals surface area contributed by atoms with Crippen molar-refractivity contribution in [3.8, 4) is 5.75 Å². The number of piperidine rings is 1. The SMILES string of the molecule is COc1ccc(C(NC(=O)C2CCN(C(=O)c3cccs3)CC2)C2CC2)cc1. The molecule has 1 N–H and O–H groups in total. The van der Waals surface area contributed by atoms with E-state index in [2.05, 4.69) is 5.32 Å². The van der Waals surface area contributed by atoms with Gasteiger partial charge in [0.15, 0.2) is 0 Å². The molecule has 1 unspecified atom stereocenters. The van der Waals surface area contributed by atoms with E-state index in [0.717, 1.165) is 41.9 Å². The van der Waals surface area contributed by atoms with Gasteiger partial charge in [0.05, 0.1) is 18.0 Å². The highest BCUT2D eigenvalue weighted by atomic mass is 32.1. The first kappa shape index (κ1) is 19.0. The Labute approximate surface area is 169 Å². The molecule has 0 radical (unpaired) electrons. The van der Waals surface area contributed by atoms with E-state index in [1.807, 2.05) is 46.7 Å². The zero-order valence-electron chi connectivity index (χ0n) is 16.1. The smallest absolute Gasteiger partial charge is 0.263 e. The number of methoxy groups -OCH3 is 1. The number of carbonyl (C=O) groups is 2. The summed E-state index contributed by atoms with van der Waals surface area (Å²) in [7, 11) is 1.66. The van der Waals surface area contributed by atoms with Crippen molar-refractivity contribution >= 4 is 23.2 Å². The molecular formula is C22H26N2O3S. The van der Waals surface area contributed by atoms with Gasteiger partial charge in [0.1, 0.15) is 5.75 Å². The maximum absolute atomic E-state index is 12.9. The molecule has 0 bridgehead atoms. The van der Waals surface area contributed by atoms with E-state index in [0.29, 0.717) is 19.0 Å². The van der Waals surface area contributed by atoms with Crippen LogP contribution in [0.3, 0.4) is 0 Å². The van der Waals surface area contributed by atoms with Crippen molar-refractivity contribution in [2.24, 2.45) is 11.8 Å². The largest absolute Gasteiger partial charge is 0.497 e. The fourth-order valence-corrected chi connectivity index (χ4v) is 4.58. The summed E-state index contributed by atoms with van der Waals surface area (Å²) in [6.07, 6.45) is 3.77. The number of hydrogen-bond donors (Lipinski definition) is 1. The lowest BCUT2D eigenvalue weighted by Gasteiger charge is -2.32. The number of amides is 2. The van der Waals surface area contributed by atoms with Crippen LogP contribution in [0.5, 0.6) is 5.75 Å². The second-order valence-corrected chi connectivity index (χ2v) is 8.59. The Morgan fingerprint density at radius 1 is 1.11 bits per heavy atom. The minimum Gasteiger partial charge on any atom is -0.497 e. The molecule has 4 rings (SSSR count). The molecule has 2 amide bonds. The molecule has 5 nitrogen and oxygen atoms in total. The number of nitrogens with one attached hydrogen (secondary N) is 1. The molecular weight excluding hydrogens is 372 g/mol. The minimum absolute atomic E-state index is 0.0214. The molecule has 2 heterocycles. The van der Waals surface area contributed by atoms with Crippen LogP contribution in [-0.2, 0) is 4.79 Å². The van der Waals surface area contributed by atoms with Crippen molar-refractivity contribution in [1.82, 2.24) is 10.2 Å². The Hall–Kier alpha value is -2.34. The van der Waals surface area contributed by atoms with Gasteiger partial charge in [-0.3, -0.25) is 9.59 Å². The molecule has 1 aliphatic carbocycles. The van der Waals surface area contributed by atoms with E-state index in [1.54, 1.807) is 7.11 Å². The number of hydrogen-bond acceptors (Lipinski definition) is 4. The molecule has 148 valence electrons. The number of rotatable bonds is 6. The highest BCUT2D eigenvalue weighted by Gasteiger charge is 2.36. The van der Waals surface area contributed by atoms with Crippen LogP contribution in [0.1, 0.15) is 47.0 Å². The van der Waals surface area contributed by atoms with Gasteiger partial charge in [0, 0.05) is 19.0 Å². The highest BCUT2D eigenvalue weighted by molar-refractivity contribution is 7.12. The summed E-state index contributed by atoms with van der Waals surface area (Å²) in [5.74, 6) is 1.54. The summed E-state index contributed by atoms with van der Waals surface area (Å²) >= 11 is 1.47. The summed E-state index contributed by atoms with van der Waals surface area (Å²) < 4.78 is 5.24. The van der Waals surface area contributed by atoms with Crippen molar-refractivity contribution < 1.29 is 14.3 Å². The molecule has 1 aliphatic heterocycles. The van der Waals surface area contributed by atoms with Gasteiger partial charge in [-0.05, 0) is 60.7 Å². The molecule has 6 heteroatoms. The average Bonchev–Trinajstić information content (AvgIpc) is 3.44. The summed E-state index contributed by atoms with van der Waals surface area (Å²) in [6, 6.07) is 11.8. The van der Waals surface area contributed by atoms with Crippen LogP contribution >= 0.6 is 11.3 Å². The van der Waals surface area contributed by atoms with Gasteiger partial charge < -0.3 is 15.0 Å². The molecule has 28 heavy (non-hydrogen) atoms. The lowest BCUT2D eigenvalue weighted by molar-refractivity contribution is -0.127. The fourth-order valence-electron chi connectivity index (χ4n) is 3.89. The lowest BCUT2D eigenvalue weighted by atomic mass is 9.94. The number of ether oxygens (including phenoxy) is 1. The van der Waals surface area contributed by atoms with Crippen LogP contribution in [0.4, 0.5) is 0 Å². The van der Waals surface area contributed by atoms with Crippen LogP contribution in [0.25, 0.3) is 0 Å². The van der Waals surface area contributed by atoms with Gasteiger partial charge in [-0.25, -0.2) is 0 Å². The Morgan fingerprint density at radius 2 is 1.82 bits per heavy atom. The highest BCUT2D eigenvalue weighted by Crippen LogP contribution is 2.41. The van der Waals surface area contributed by atoms with E-state index < -0.39 is 0 Å². The van der Waals surface area contributed by atoms with Gasteiger partial charge in [-0.1, -0.05) is 18.2 Å². The first-order valence-electron chi connectivity index (χ1n) is 9.93. The van der Waals surface area contributed by atoms with Crippen molar-refractivity contribution in [1.29, 1.82) is 0 Å². The monoisotopic (exact) mass is 398 g/mol. The first-order valence-corrected chi connectivity index (χ1v) is 10.8. The van der Waals surface area contributed by atoms with Gasteiger partial charge in [-0.15, -0.1) is 11.3 Å². The van der Waals surface area contributed by atoms with E-state index in [9.17, 15) is 9.59 Å². The molecule has 0 spiro atoms. The standard InChI is InChI=1S/C22H26N2O3S/c1-27-18-8-6-16(7-9-18)20(15-4-5-15)23-21(25)17-10-12-24(13-11-17)22(26)19-3-2-14-28-19/h2-3,6-9,14-15,17,20H,4-5,10-13H2,1H3,(H,23,25). The normalized spacial score (nSPS) is 18.5. The summed E-state index contributed by atoms with van der Waals surface area (Å²) in [5.41, 5.74) is 1.14. The van der Waals surface area contributed by atoms with Crippen molar-refractivity contribution in [3.63, 3.8) is 0 Å². The van der Waals surface area contributed by atoms with Gasteiger partial charge >= 0.3 is 0 Å². The average molecular weight is 399 g/mol. The molecule has 1 atom stereocenters. The third kappa shape index (κ3) is 4.22. The van der Waals surface area contributed by atoms with E-state index in [4.69, 9.17) is 4.74 Å². The first-order chi connectivity index (χ1) is 13.7. The van der Waals surface area contributed by atoms with Crippen molar-refractivity contribution in [2.45, 2.75) is 31.7 Å². The van der Waals surface area contributed by atoms with Crippen LogP contribution < -0.4 is 10.1 Å². The number of nitrogens with zero attached hydrogens (tertiary/aromatic N) is 1. The zero-order chi connectivity index (χ0) is 19.5. The lowest BCUT2D eigenvalue weighted by Crippen LogP contribution is -2.43. The van der Waals surface area contributed by atoms with E-state index >= 15 is 0 Å². The maximum Gasteiger partial charge on any atom is 0.263 e. The third-order valence-electron chi connectivity index (χ3n) is 5.75. The zero-order valence-corrected chi connectivity index (χ0v) is 16.9. The summed E-state index contributed by atoms with van der Waals surface area (Å²) in [5, 5.41) is 5.21. The van der Waals surface area contributed by atoms with Gasteiger partial charge in [0.2, 0.25) is 5.91 Å². The number of likely N-dealkylation sites (tertiary alicyclic amines) is 1. The summed E-state index contributed by atoms with van der Waals surface area (Å²) in [4.78, 5) is 28.0. The van der Waals surface area contributed by atoms with E-state index in [1.165, 1.54) is 11.3 Å². The Morgan fingerprint density at radius 3 is 2.39 bits per heavy atom. The molecule has 2 aromatic rings. The number of carbonyl (C=O) groups excluding carboxylic acids is 2. The Balaban J connectivity index is 1.34. The van der Waals surface area contributed by atoms with Crippen LogP contribution in [0.2, 0.25) is 0 Å². The van der Waals surface area contributed by atoms with Gasteiger partial charge in [-0.2, -0.15) is 0 Å². The maximum atomic E-state index is 12.9. The molecule has 1 saturated carbocycles. The second-order valence-electron chi connectivity index (χ2n) is 7.64. The molecule has 1 aromatic heterocycles. The minimum atomic E-state index is -0.0214. The predicted molar refractivity (Wildman–Crippen MR) is 110 cm³/mol. The number of thiophene rings is 1. The molecule has 1 saturated heterocycles. The predicted octanol–water partition coefficient (Wildman–Crippen LogP) is 3.88. The Kier molecular flexibility index (Phi) is 5.67. The third-order valence-corrected chi connectivity index (χ3v) is 6.61. The second kappa shape index (κ2) is 8.35. The van der Waals surface area contributed by atoms with Crippen LogP contribution in [-0.4, -0.2) is 36.9 Å². The van der Waals surface area contributed by atoms with Crippen molar-refractivity contribution in [3.05, 3.63) is 52.2 Å². The fraction of sp³-hybridized carbons (Fsp3) is 0.455. The van der Waals surface area contributed by atoms with E-state index in [-0.39, 0.29) is 23.8 Å². The van der Waals surface area contributed by atoms with Gasteiger partial charge in [0.25, 0.3) is 5.91 Å². The quantitative estimate of drug-likeness (QED) is 0.803. The van der Waals surface area contributed by atoms with Crippen molar-refractivity contribution in [2.75, 3.05) is 20.2 Å². The Bertz CT molecular complexity index is 807. The van der Waals surface area contributed by atoms with Crippen LogP contribution in [0, 0.1) is 11.8 Å². The molecule has 2 fully saturated rings. The molecule has 2 aliphatic rings. The van der Waals surface area contributed by atoms with Crippen LogP contribution in [0.15, 0.2) is 41.8 Å². The topological polar surface area (TPSA) is 58.6 Å². The summed E-state index contributed by atoms with van der Waals surface area (Å²) in [6.45, 7) is 1.29.